The lowest BCUT2D eigenvalue weighted by Crippen LogP contribution is -2.39. The summed E-state index contributed by atoms with van der Waals surface area (Å²) in [5.74, 6) is -0.754. The summed E-state index contributed by atoms with van der Waals surface area (Å²) in [4.78, 5) is 23.0. The second kappa shape index (κ2) is 4.34. The first-order chi connectivity index (χ1) is 8.66. The van der Waals surface area contributed by atoms with Crippen molar-refractivity contribution in [3.63, 3.8) is 0 Å². The topological polar surface area (TPSA) is 74.8 Å². The molecule has 0 saturated carbocycles. The number of imide groups is 1. The molecule has 3 rings (SSSR count). The molecule has 2 N–H and O–H groups in total. The highest BCUT2D eigenvalue weighted by Gasteiger charge is 2.30. The molecule has 1 saturated heterocycles. The van der Waals surface area contributed by atoms with E-state index in [0.717, 1.165) is 20.2 Å². The van der Waals surface area contributed by atoms with Gasteiger partial charge in [-0.05, 0) is 35.1 Å². The summed E-state index contributed by atoms with van der Waals surface area (Å²) in [7, 11) is 0. The number of nitrogens with zero attached hydrogens (tertiary/aromatic N) is 1. The number of rotatable bonds is 1. The maximum atomic E-state index is 11.9. The van der Waals surface area contributed by atoms with E-state index in [0.29, 0.717) is 12.8 Å². The highest BCUT2D eigenvalue weighted by atomic mass is 127. The fourth-order valence-electron chi connectivity index (χ4n) is 2.26. The third kappa shape index (κ3) is 1.80. The molecule has 0 spiro atoms. The van der Waals surface area contributed by atoms with Gasteiger partial charge in [0.1, 0.15) is 5.52 Å². The number of amides is 2. The van der Waals surface area contributed by atoms with Gasteiger partial charge in [0.25, 0.3) is 0 Å². The molecule has 5 nitrogen and oxygen atoms in total. The molecule has 2 heterocycles. The number of halogens is 1. The molecule has 6 heteroatoms. The maximum Gasteiger partial charge on any atom is 0.235 e. The summed E-state index contributed by atoms with van der Waals surface area (Å²) in [6.45, 7) is 0. The number of hydrogen-bond donors (Lipinski definition) is 2. The molecule has 0 aliphatic carbocycles. The van der Waals surface area contributed by atoms with Gasteiger partial charge in [-0.15, -0.1) is 0 Å². The van der Waals surface area contributed by atoms with Crippen molar-refractivity contribution < 1.29 is 9.59 Å². The van der Waals surface area contributed by atoms with Crippen LogP contribution in [0, 0.1) is 3.57 Å². The number of H-pyrrole nitrogens is 1. The lowest BCUT2D eigenvalue weighted by atomic mass is 9.93. The number of aromatic amines is 1. The van der Waals surface area contributed by atoms with Crippen LogP contribution in [0.5, 0.6) is 0 Å². The quantitative estimate of drug-likeness (QED) is 0.604. The largest absolute Gasteiger partial charge is 0.296 e. The number of aromatic nitrogens is 2. The number of benzene rings is 1. The third-order valence-electron chi connectivity index (χ3n) is 3.15. The van der Waals surface area contributed by atoms with Gasteiger partial charge in [-0.2, -0.15) is 5.10 Å². The minimum atomic E-state index is -0.314. The lowest BCUT2D eigenvalue weighted by Gasteiger charge is -2.19. The van der Waals surface area contributed by atoms with Crippen LogP contribution in [-0.2, 0) is 9.59 Å². The minimum Gasteiger partial charge on any atom is -0.296 e. The van der Waals surface area contributed by atoms with E-state index in [1.54, 1.807) is 0 Å². The first kappa shape index (κ1) is 11.6. The molecule has 1 aliphatic heterocycles. The van der Waals surface area contributed by atoms with Gasteiger partial charge in [0, 0.05) is 15.4 Å². The van der Waals surface area contributed by atoms with Gasteiger partial charge < -0.3 is 0 Å². The number of hydrogen-bond acceptors (Lipinski definition) is 3. The first-order valence-electron chi connectivity index (χ1n) is 5.63. The van der Waals surface area contributed by atoms with E-state index in [9.17, 15) is 9.59 Å². The normalized spacial score (nSPS) is 20.2. The number of carbonyl (C=O) groups excluding carboxylic acids is 2. The summed E-state index contributed by atoms with van der Waals surface area (Å²) in [6.07, 6.45) is 0.911. The highest BCUT2D eigenvalue weighted by Crippen LogP contribution is 2.30. The zero-order chi connectivity index (χ0) is 12.7. The van der Waals surface area contributed by atoms with Gasteiger partial charge in [-0.3, -0.25) is 20.0 Å². The second-order valence-electron chi connectivity index (χ2n) is 4.28. The SMILES string of the molecule is O=C1CCC(c2[nH]nc3c(I)cccc23)C(=O)N1. The van der Waals surface area contributed by atoms with Crippen LogP contribution < -0.4 is 5.32 Å². The molecule has 1 unspecified atom stereocenters. The smallest absolute Gasteiger partial charge is 0.235 e. The summed E-state index contributed by atoms with van der Waals surface area (Å²) >= 11 is 2.21. The highest BCUT2D eigenvalue weighted by molar-refractivity contribution is 14.1. The second-order valence-corrected chi connectivity index (χ2v) is 5.44. The van der Waals surface area contributed by atoms with Crippen LogP contribution >= 0.6 is 22.6 Å². The molecule has 1 aromatic heterocycles. The summed E-state index contributed by atoms with van der Waals surface area (Å²) in [5.41, 5.74) is 1.67. The van der Waals surface area contributed by atoms with Gasteiger partial charge in [-0.1, -0.05) is 12.1 Å². The van der Waals surface area contributed by atoms with Crippen molar-refractivity contribution in [3.8, 4) is 0 Å². The Labute approximate surface area is 116 Å². The van der Waals surface area contributed by atoms with E-state index >= 15 is 0 Å². The van der Waals surface area contributed by atoms with E-state index in [2.05, 4.69) is 38.1 Å². The minimum absolute atomic E-state index is 0.199. The molecule has 0 radical (unpaired) electrons. The van der Waals surface area contributed by atoms with Gasteiger partial charge in [0.05, 0.1) is 11.6 Å². The Morgan fingerprint density at radius 2 is 2.17 bits per heavy atom. The average molecular weight is 355 g/mol. The van der Waals surface area contributed by atoms with E-state index in [1.165, 1.54) is 0 Å². The van der Waals surface area contributed by atoms with Crippen LogP contribution in [0.25, 0.3) is 10.9 Å². The van der Waals surface area contributed by atoms with Crippen molar-refractivity contribution in [2.45, 2.75) is 18.8 Å². The van der Waals surface area contributed by atoms with Gasteiger partial charge in [-0.25, -0.2) is 0 Å². The molecule has 2 amide bonds. The molecular formula is C12H10IN3O2. The fraction of sp³-hybridized carbons (Fsp3) is 0.250. The molecule has 92 valence electrons. The van der Waals surface area contributed by atoms with Crippen LogP contribution in [-0.4, -0.2) is 22.0 Å². The number of para-hydroxylation sites is 1. The number of nitrogens with one attached hydrogen (secondary N) is 2. The number of carbonyl (C=O) groups is 2. The number of fused-ring (bicyclic) bond motifs is 1. The zero-order valence-corrected chi connectivity index (χ0v) is 11.5. The molecule has 18 heavy (non-hydrogen) atoms. The molecule has 2 aromatic rings. The molecule has 1 atom stereocenters. The molecule has 1 aromatic carbocycles. The Hall–Kier alpha value is -1.44. The Morgan fingerprint density at radius 3 is 2.94 bits per heavy atom. The van der Waals surface area contributed by atoms with Crippen LogP contribution in [0.15, 0.2) is 18.2 Å². The van der Waals surface area contributed by atoms with Crippen molar-refractivity contribution >= 4 is 45.3 Å². The third-order valence-corrected chi connectivity index (χ3v) is 4.02. The van der Waals surface area contributed by atoms with Crippen LogP contribution in [0.1, 0.15) is 24.5 Å². The molecular weight excluding hydrogens is 345 g/mol. The van der Waals surface area contributed by atoms with Crippen molar-refractivity contribution in [2.75, 3.05) is 0 Å². The van der Waals surface area contributed by atoms with E-state index < -0.39 is 0 Å². The van der Waals surface area contributed by atoms with Crippen molar-refractivity contribution in [3.05, 3.63) is 27.5 Å². The van der Waals surface area contributed by atoms with Crippen molar-refractivity contribution in [2.24, 2.45) is 0 Å². The lowest BCUT2D eigenvalue weighted by molar-refractivity contribution is -0.134. The monoisotopic (exact) mass is 355 g/mol. The Morgan fingerprint density at radius 1 is 1.33 bits per heavy atom. The standard InChI is InChI=1S/C12H10IN3O2/c13-8-3-1-2-6-10(15-16-11(6)8)7-4-5-9(17)14-12(7)18/h1-3,7H,4-5H2,(H,15,16)(H,14,17,18). The Bertz CT molecular complexity index is 650. The summed E-state index contributed by atoms with van der Waals surface area (Å²) in [6, 6.07) is 5.85. The molecule has 0 bridgehead atoms. The van der Waals surface area contributed by atoms with Gasteiger partial charge >= 0.3 is 0 Å². The van der Waals surface area contributed by atoms with Crippen LogP contribution in [0.4, 0.5) is 0 Å². The van der Waals surface area contributed by atoms with Crippen molar-refractivity contribution in [1.82, 2.24) is 15.5 Å². The Kier molecular flexibility index (Phi) is 2.81. The zero-order valence-electron chi connectivity index (χ0n) is 9.37. The molecule has 1 fully saturated rings. The molecule has 1 aliphatic rings. The summed E-state index contributed by atoms with van der Waals surface area (Å²) < 4.78 is 1.04. The van der Waals surface area contributed by atoms with Crippen molar-refractivity contribution in [1.29, 1.82) is 0 Å². The van der Waals surface area contributed by atoms with E-state index in [1.807, 2.05) is 18.2 Å². The van der Waals surface area contributed by atoms with E-state index in [4.69, 9.17) is 0 Å². The predicted octanol–water partition coefficient (Wildman–Crippen LogP) is 1.69. The van der Waals surface area contributed by atoms with E-state index in [-0.39, 0.29) is 17.7 Å². The first-order valence-corrected chi connectivity index (χ1v) is 6.71. The maximum absolute atomic E-state index is 11.9. The average Bonchev–Trinajstić information content (AvgIpc) is 2.74. The van der Waals surface area contributed by atoms with Gasteiger partial charge in [0.2, 0.25) is 11.8 Å². The predicted molar refractivity (Wildman–Crippen MR) is 73.9 cm³/mol. The van der Waals surface area contributed by atoms with Crippen LogP contribution in [0.3, 0.4) is 0 Å². The van der Waals surface area contributed by atoms with Crippen LogP contribution in [0.2, 0.25) is 0 Å². The fourth-order valence-corrected chi connectivity index (χ4v) is 2.88. The Balaban J connectivity index is 2.07. The van der Waals surface area contributed by atoms with Gasteiger partial charge in [0.15, 0.2) is 0 Å². The summed E-state index contributed by atoms with van der Waals surface area (Å²) in [5, 5.41) is 10.5. The number of piperidine rings is 1.